The molecule has 0 fully saturated rings. The highest BCUT2D eigenvalue weighted by Gasteiger charge is 2.21. The smallest absolute Gasteiger partial charge is 0.237 e. The van der Waals surface area contributed by atoms with Crippen LogP contribution in [0.4, 0.5) is 5.69 Å². The molecule has 29 heavy (non-hydrogen) atoms. The van der Waals surface area contributed by atoms with Crippen molar-refractivity contribution in [2.75, 3.05) is 32.1 Å². The maximum atomic E-state index is 6.05. The van der Waals surface area contributed by atoms with E-state index < -0.39 is 0 Å². The number of pyridine rings is 1. The summed E-state index contributed by atoms with van der Waals surface area (Å²) in [6, 6.07) is 8.17. The van der Waals surface area contributed by atoms with Crippen LogP contribution in [0.25, 0.3) is 11.1 Å². The van der Waals surface area contributed by atoms with Crippen LogP contribution in [0.15, 0.2) is 47.3 Å². The second-order valence-corrected chi connectivity index (χ2v) is 7.93. The molecule has 0 bridgehead atoms. The van der Waals surface area contributed by atoms with Crippen LogP contribution in [0.3, 0.4) is 0 Å². The van der Waals surface area contributed by atoms with E-state index in [1.54, 1.807) is 11.8 Å². The summed E-state index contributed by atoms with van der Waals surface area (Å²) in [6.07, 6.45) is 6.55. The Labute approximate surface area is 178 Å². The van der Waals surface area contributed by atoms with E-state index in [1.807, 2.05) is 37.8 Å². The number of halogens is 1. The Hall–Kier alpha value is -2.58. The van der Waals surface area contributed by atoms with Gasteiger partial charge in [-0.25, -0.2) is 4.98 Å². The zero-order valence-corrected chi connectivity index (χ0v) is 18.1. The van der Waals surface area contributed by atoms with Crippen LogP contribution in [0, 0.1) is 0 Å². The molecule has 0 radical (unpaired) electrons. The summed E-state index contributed by atoms with van der Waals surface area (Å²) >= 11 is 3.47. The van der Waals surface area contributed by atoms with Crippen LogP contribution in [0.1, 0.15) is 5.56 Å². The topological polar surface area (TPSA) is 73.2 Å². The summed E-state index contributed by atoms with van der Waals surface area (Å²) in [6.45, 7) is 2.33. The van der Waals surface area contributed by atoms with Crippen LogP contribution >= 0.6 is 15.9 Å². The molecule has 0 saturated heterocycles. The van der Waals surface area contributed by atoms with Crippen molar-refractivity contribution in [1.29, 1.82) is 0 Å². The summed E-state index contributed by atoms with van der Waals surface area (Å²) < 4.78 is 14.3. The highest BCUT2D eigenvalue weighted by Crippen LogP contribution is 2.31. The predicted molar refractivity (Wildman–Crippen MR) is 117 cm³/mol. The Morgan fingerprint density at radius 3 is 3.00 bits per heavy atom. The first kappa shape index (κ1) is 19.7. The molecule has 0 saturated carbocycles. The van der Waals surface area contributed by atoms with Gasteiger partial charge in [0.15, 0.2) is 0 Å². The molecule has 3 aromatic rings. The van der Waals surface area contributed by atoms with Gasteiger partial charge in [-0.3, -0.25) is 4.68 Å². The number of rotatable bonds is 7. The number of hydrogen-bond acceptors (Lipinski definition) is 6. The van der Waals surface area contributed by atoms with E-state index in [0.29, 0.717) is 5.88 Å². The number of benzene rings is 1. The third-order valence-corrected chi connectivity index (χ3v) is 5.37. The van der Waals surface area contributed by atoms with Crippen molar-refractivity contribution in [2.45, 2.75) is 12.5 Å². The van der Waals surface area contributed by atoms with Gasteiger partial charge >= 0.3 is 0 Å². The Bertz CT molecular complexity index is 991. The van der Waals surface area contributed by atoms with Gasteiger partial charge in [-0.15, -0.1) is 0 Å². The van der Waals surface area contributed by atoms with E-state index in [1.165, 1.54) is 5.56 Å². The number of fused-ring (bicyclic) bond motifs is 1. The molecule has 3 heterocycles. The highest BCUT2D eigenvalue weighted by molar-refractivity contribution is 9.10. The van der Waals surface area contributed by atoms with Crippen LogP contribution in [-0.2, 0) is 13.5 Å². The normalized spacial score (nSPS) is 15.3. The van der Waals surface area contributed by atoms with Crippen LogP contribution < -0.4 is 20.1 Å². The average molecular weight is 458 g/mol. The van der Waals surface area contributed by atoms with Gasteiger partial charge in [0.1, 0.15) is 11.9 Å². The number of methoxy groups -OCH3 is 1. The third-order valence-electron chi connectivity index (χ3n) is 4.88. The number of nitrogens with one attached hydrogen (secondary N) is 2. The van der Waals surface area contributed by atoms with Gasteiger partial charge in [-0.1, -0.05) is 22.0 Å². The number of aryl methyl sites for hydroxylation is 1. The molecular weight excluding hydrogens is 434 g/mol. The van der Waals surface area contributed by atoms with Crippen molar-refractivity contribution in [1.82, 2.24) is 20.1 Å². The largest absolute Gasteiger partial charge is 0.496 e. The molecule has 7 nitrogen and oxygen atoms in total. The van der Waals surface area contributed by atoms with Crippen LogP contribution in [-0.4, -0.2) is 47.6 Å². The monoisotopic (exact) mass is 457 g/mol. The van der Waals surface area contributed by atoms with Crippen molar-refractivity contribution in [3.8, 4) is 22.8 Å². The second-order valence-electron chi connectivity index (χ2n) is 7.01. The Morgan fingerprint density at radius 2 is 2.21 bits per heavy atom. The van der Waals surface area contributed by atoms with Gasteiger partial charge in [0, 0.05) is 41.6 Å². The minimum Gasteiger partial charge on any atom is -0.496 e. The second kappa shape index (κ2) is 8.84. The summed E-state index contributed by atoms with van der Waals surface area (Å²) in [5.74, 6) is 1.55. The molecule has 0 aliphatic carbocycles. The molecule has 1 aliphatic heterocycles. The fourth-order valence-electron chi connectivity index (χ4n) is 3.35. The van der Waals surface area contributed by atoms with E-state index >= 15 is 0 Å². The lowest BCUT2D eigenvalue weighted by Gasteiger charge is -2.27. The van der Waals surface area contributed by atoms with Gasteiger partial charge in [0.25, 0.3) is 0 Å². The Balaban J connectivity index is 1.29. The first-order valence-corrected chi connectivity index (χ1v) is 10.3. The molecule has 4 rings (SSSR count). The molecule has 152 valence electrons. The summed E-state index contributed by atoms with van der Waals surface area (Å²) in [5, 5.41) is 11.1. The molecule has 2 aromatic heterocycles. The third kappa shape index (κ3) is 4.71. The molecule has 1 aromatic carbocycles. The zero-order chi connectivity index (χ0) is 20.2. The predicted octanol–water partition coefficient (Wildman–Crippen LogP) is 3.26. The lowest BCUT2D eigenvalue weighted by Crippen LogP contribution is -2.40. The fourth-order valence-corrected chi connectivity index (χ4v) is 3.69. The number of aromatic nitrogens is 3. The Kier molecular flexibility index (Phi) is 6.01. The van der Waals surface area contributed by atoms with Gasteiger partial charge in [0.2, 0.25) is 5.88 Å². The number of anilines is 1. The SMILES string of the molecule is COc1cc(Br)ccc1CCNCC1CNc2cc(-c3cnn(C)c3)cnc2O1. The van der Waals surface area contributed by atoms with E-state index in [-0.39, 0.29) is 6.10 Å². The molecule has 1 aliphatic rings. The van der Waals surface area contributed by atoms with E-state index in [0.717, 1.165) is 53.1 Å². The zero-order valence-electron chi connectivity index (χ0n) is 16.5. The molecule has 8 heteroatoms. The fraction of sp³-hybridized carbons (Fsp3) is 0.333. The quantitative estimate of drug-likeness (QED) is 0.530. The Morgan fingerprint density at radius 1 is 1.31 bits per heavy atom. The lowest BCUT2D eigenvalue weighted by molar-refractivity contribution is 0.194. The van der Waals surface area contributed by atoms with E-state index in [4.69, 9.17) is 9.47 Å². The summed E-state index contributed by atoms with van der Waals surface area (Å²) in [5.41, 5.74) is 4.16. The number of hydrogen-bond donors (Lipinski definition) is 2. The number of ether oxygens (including phenoxy) is 2. The van der Waals surface area contributed by atoms with E-state index in [9.17, 15) is 0 Å². The van der Waals surface area contributed by atoms with Gasteiger partial charge < -0.3 is 20.1 Å². The van der Waals surface area contributed by atoms with Crippen LogP contribution in [0.2, 0.25) is 0 Å². The molecule has 0 spiro atoms. The van der Waals surface area contributed by atoms with Crippen molar-refractivity contribution in [2.24, 2.45) is 7.05 Å². The summed E-state index contributed by atoms with van der Waals surface area (Å²) in [7, 11) is 3.60. The van der Waals surface area contributed by atoms with E-state index in [2.05, 4.69) is 48.8 Å². The maximum Gasteiger partial charge on any atom is 0.237 e. The summed E-state index contributed by atoms with van der Waals surface area (Å²) in [4.78, 5) is 4.49. The molecule has 2 N–H and O–H groups in total. The lowest BCUT2D eigenvalue weighted by atomic mass is 10.1. The average Bonchev–Trinajstić information content (AvgIpc) is 3.17. The van der Waals surface area contributed by atoms with Crippen molar-refractivity contribution in [3.05, 3.63) is 52.9 Å². The first-order chi connectivity index (χ1) is 14.1. The van der Waals surface area contributed by atoms with Gasteiger partial charge in [-0.2, -0.15) is 5.10 Å². The molecule has 0 amide bonds. The maximum absolute atomic E-state index is 6.05. The van der Waals surface area contributed by atoms with Crippen LogP contribution in [0.5, 0.6) is 11.6 Å². The van der Waals surface area contributed by atoms with Crippen molar-refractivity contribution >= 4 is 21.6 Å². The first-order valence-electron chi connectivity index (χ1n) is 9.55. The molecule has 1 unspecified atom stereocenters. The highest BCUT2D eigenvalue weighted by atomic mass is 79.9. The molecular formula is C21H24BrN5O2. The number of nitrogens with zero attached hydrogens (tertiary/aromatic N) is 3. The minimum absolute atomic E-state index is 0.0334. The van der Waals surface area contributed by atoms with Gasteiger partial charge in [0.05, 0.1) is 25.5 Å². The van der Waals surface area contributed by atoms with Crippen molar-refractivity contribution in [3.63, 3.8) is 0 Å². The standard InChI is InChI=1S/C21H24BrN5O2/c1-27-13-16(10-26-27)15-7-19-21(25-9-15)29-18(12-24-19)11-23-6-5-14-3-4-17(22)8-20(14)28-2/h3-4,7-10,13,18,23-24H,5-6,11-12H2,1-2H3. The minimum atomic E-state index is 0.0334. The van der Waals surface area contributed by atoms with Gasteiger partial charge in [-0.05, 0) is 36.7 Å². The molecule has 1 atom stereocenters. The van der Waals surface area contributed by atoms with Crippen molar-refractivity contribution < 1.29 is 9.47 Å².